The van der Waals surface area contributed by atoms with Crippen LogP contribution in [-0.4, -0.2) is 39.0 Å². The Kier molecular flexibility index (Phi) is 5.84. The Morgan fingerprint density at radius 1 is 1.28 bits per heavy atom. The number of aryl methyl sites for hydroxylation is 1. The number of nitrogens with one attached hydrogen (secondary N) is 1. The van der Waals surface area contributed by atoms with E-state index < -0.39 is 26.0 Å². The summed E-state index contributed by atoms with van der Waals surface area (Å²) in [6, 6.07) is 10.7. The minimum Gasteiger partial charge on any atom is -0.352 e. The highest BCUT2D eigenvalue weighted by molar-refractivity contribution is 7.45. The highest BCUT2D eigenvalue weighted by Gasteiger charge is 2.56. The average molecular weight is 459 g/mol. The number of fused-ring (bicyclic) bond motifs is 1. The summed E-state index contributed by atoms with van der Waals surface area (Å²) in [4.78, 5) is 26.5. The van der Waals surface area contributed by atoms with Gasteiger partial charge in [0.25, 0.3) is 14.1 Å². The Balaban J connectivity index is 1.37. The summed E-state index contributed by atoms with van der Waals surface area (Å²) in [5.41, 5.74) is 0.421. The second-order valence-electron chi connectivity index (χ2n) is 9.02. The van der Waals surface area contributed by atoms with Crippen LogP contribution in [0.5, 0.6) is 0 Å². The van der Waals surface area contributed by atoms with Gasteiger partial charge in [0.1, 0.15) is 11.8 Å². The molecule has 5 rings (SSSR count). The van der Waals surface area contributed by atoms with Gasteiger partial charge < -0.3 is 13.8 Å². The lowest BCUT2D eigenvalue weighted by Crippen LogP contribution is -2.36. The van der Waals surface area contributed by atoms with Gasteiger partial charge in [-0.05, 0) is 38.7 Å². The van der Waals surface area contributed by atoms with Crippen molar-refractivity contribution < 1.29 is 13.8 Å². The van der Waals surface area contributed by atoms with E-state index in [-0.39, 0.29) is 17.8 Å². The minimum atomic E-state index is -1.24. The van der Waals surface area contributed by atoms with Crippen LogP contribution >= 0.6 is 8.53 Å². The highest BCUT2D eigenvalue weighted by Crippen LogP contribution is 2.64. The number of aromatic nitrogens is 2. The van der Waals surface area contributed by atoms with E-state index in [1.165, 1.54) is 10.1 Å². The molecule has 2 aromatic rings. The zero-order valence-electron chi connectivity index (χ0n) is 18.7. The summed E-state index contributed by atoms with van der Waals surface area (Å²) in [7, 11) is -1.24. The first kappa shape index (κ1) is 22.0. The van der Waals surface area contributed by atoms with Crippen molar-refractivity contribution in [2.24, 2.45) is 0 Å². The third-order valence-electron chi connectivity index (χ3n) is 6.95. The molecule has 1 aromatic carbocycles. The molecule has 1 N–H and O–H groups in total. The fourth-order valence-corrected chi connectivity index (χ4v) is 7.28. The number of H-pyrrole nitrogens is 1. The van der Waals surface area contributed by atoms with Crippen molar-refractivity contribution in [3.05, 3.63) is 68.5 Å². The molecule has 6 atom stereocenters. The van der Waals surface area contributed by atoms with E-state index >= 15 is 0 Å². The number of benzene rings is 1. The maximum Gasteiger partial charge on any atom is 0.330 e. The predicted molar refractivity (Wildman–Crippen MR) is 121 cm³/mol. The largest absolute Gasteiger partial charge is 0.352 e. The molecule has 9 heteroatoms. The summed E-state index contributed by atoms with van der Waals surface area (Å²) in [6.07, 6.45) is 4.28. The Morgan fingerprint density at radius 3 is 2.81 bits per heavy atom. The number of aromatic amines is 1. The van der Waals surface area contributed by atoms with Crippen LogP contribution in [0.3, 0.4) is 0 Å². The smallest absolute Gasteiger partial charge is 0.330 e. The third-order valence-corrected chi connectivity index (χ3v) is 8.83. The van der Waals surface area contributed by atoms with Crippen LogP contribution in [0.25, 0.3) is 0 Å². The lowest BCUT2D eigenvalue weighted by molar-refractivity contribution is -0.0199. The Labute approximate surface area is 188 Å². The fourth-order valence-electron chi connectivity index (χ4n) is 5.14. The molecule has 0 bridgehead atoms. The summed E-state index contributed by atoms with van der Waals surface area (Å²) in [6.45, 7) is 6.87. The van der Waals surface area contributed by atoms with E-state index in [9.17, 15) is 9.59 Å². The van der Waals surface area contributed by atoms with Gasteiger partial charge in [-0.1, -0.05) is 37.3 Å². The number of hydrogen-bond donors (Lipinski definition) is 1. The van der Waals surface area contributed by atoms with Gasteiger partial charge in [0.05, 0.1) is 18.2 Å². The standard InChI is InChI=1S/C23H30N3O5P/c1-4-17-18(13-20(29-17)25-14-15(2)21(27)24-22(25)28)30-32-26-12-8-11-19(26)23(3,31-32)16-9-6-5-7-10-16/h5-7,9-10,14,17-20H,4,8,11-13H2,1-3H3,(H,24,27,28)/t17-,18?,19-,20-,23+,32-/m1/s1. The van der Waals surface area contributed by atoms with E-state index in [4.69, 9.17) is 13.8 Å². The van der Waals surface area contributed by atoms with Gasteiger partial charge in [-0.3, -0.25) is 14.3 Å². The molecule has 0 aliphatic carbocycles. The molecule has 3 saturated heterocycles. The van der Waals surface area contributed by atoms with Crippen LogP contribution < -0.4 is 11.2 Å². The molecule has 3 aliphatic rings. The number of nitrogens with zero attached hydrogens (tertiary/aromatic N) is 2. The van der Waals surface area contributed by atoms with Crippen LogP contribution in [0.15, 0.2) is 46.1 Å². The molecule has 3 fully saturated rings. The molecule has 0 saturated carbocycles. The fraction of sp³-hybridized carbons (Fsp3) is 0.565. The maximum absolute atomic E-state index is 12.4. The highest BCUT2D eigenvalue weighted by atomic mass is 31.2. The van der Waals surface area contributed by atoms with Crippen molar-refractivity contribution in [2.75, 3.05) is 6.54 Å². The van der Waals surface area contributed by atoms with Crippen molar-refractivity contribution in [2.45, 2.75) is 76.5 Å². The molecule has 0 radical (unpaired) electrons. The summed E-state index contributed by atoms with van der Waals surface area (Å²) in [5.74, 6) is 0. The molecular weight excluding hydrogens is 429 g/mol. The average Bonchev–Trinajstić information content (AvgIpc) is 3.49. The molecule has 3 aliphatic heterocycles. The molecular formula is C23H30N3O5P. The van der Waals surface area contributed by atoms with Gasteiger partial charge in [0.2, 0.25) is 0 Å². The monoisotopic (exact) mass is 459 g/mol. The maximum atomic E-state index is 12.4. The molecule has 1 aromatic heterocycles. The second-order valence-corrected chi connectivity index (χ2v) is 10.4. The third kappa shape index (κ3) is 3.68. The van der Waals surface area contributed by atoms with Crippen LogP contribution in [0.2, 0.25) is 0 Å². The van der Waals surface area contributed by atoms with Crippen LogP contribution in [0.4, 0.5) is 0 Å². The topological polar surface area (TPSA) is 85.8 Å². The first-order chi connectivity index (χ1) is 15.4. The quantitative estimate of drug-likeness (QED) is 0.689. The normalized spacial score (nSPS) is 34.8. The van der Waals surface area contributed by atoms with Gasteiger partial charge in [-0.25, -0.2) is 9.46 Å². The van der Waals surface area contributed by atoms with E-state index in [1.807, 2.05) is 6.07 Å². The van der Waals surface area contributed by atoms with Gasteiger partial charge >= 0.3 is 5.69 Å². The molecule has 172 valence electrons. The van der Waals surface area contributed by atoms with Gasteiger partial charge in [0.15, 0.2) is 0 Å². The lowest BCUT2D eigenvalue weighted by Gasteiger charge is -2.29. The minimum absolute atomic E-state index is 0.144. The van der Waals surface area contributed by atoms with Gasteiger partial charge in [0, 0.05) is 24.7 Å². The predicted octanol–water partition coefficient (Wildman–Crippen LogP) is 3.56. The van der Waals surface area contributed by atoms with Crippen molar-refractivity contribution in [1.82, 2.24) is 14.2 Å². The summed E-state index contributed by atoms with van der Waals surface area (Å²) >= 11 is 0. The summed E-state index contributed by atoms with van der Waals surface area (Å²) < 4.78 is 23.3. The molecule has 8 nitrogen and oxygen atoms in total. The van der Waals surface area contributed by atoms with E-state index in [2.05, 4.69) is 47.8 Å². The molecule has 0 amide bonds. The van der Waals surface area contributed by atoms with Crippen LogP contribution in [0, 0.1) is 6.92 Å². The van der Waals surface area contributed by atoms with Crippen molar-refractivity contribution >= 4 is 8.53 Å². The Bertz CT molecular complexity index is 1090. The second kappa shape index (κ2) is 8.50. The van der Waals surface area contributed by atoms with Crippen LogP contribution in [-0.2, 0) is 19.4 Å². The first-order valence-corrected chi connectivity index (χ1v) is 12.5. The zero-order valence-corrected chi connectivity index (χ0v) is 19.6. The molecule has 0 spiro atoms. The molecule has 32 heavy (non-hydrogen) atoms. The SMILES string of the molecule is CC[C@H]1O[C@@H](n2cc(C)c(=O)[nH]c2=O)CC1O[P@]1O[C@@](C)(c2ccccc2)[C@H]2CCCN21. The van der Waals surface area contributed by atoms with Crippen LogP contribution in [0.1, 0.15) is 56.9 Å². The van der Waals surface area contributed by atoms with E-state index in [1.54, 1.807) is 13.1 Å². The Hall–Kier alpha value is -1.83. The van der Waals surface area contributed by atoms with Gasteiger partial charge in [-0.2, -0.15) is 0 Å². The van der Waals surface area contributed by atoms with E-state index in [0.29, 0.717) is 18.0 Å². The van der Waals surface area contributed by atoms with E-state index in [0.717, 1.165) is 25.8 Å². The lowest BCUT2D eigenvalue weighted by atomic mass is 9.87. The van der Waals surface area contributed by atoms with Crippen molar-refractivity contribution in [3.8, 4) is 0 Å². The van der Waals surface area contributed by atoms with Crippen molar-refractivity contribution in [1.29, 1.82) is 0 Å². The number of ether oxygens (including phenoxy) is 1. The zero-order chi connectivity index (χ0) is 22.5. The Morgan fingerprint density at radius 2 is 2.06 bits per heavy atom. The molecule has 4 heterocycles. The first-order valence-electron chi connectivity index (χ1n) is 11.4. The van der Waals surface area contributed by atoms with Gasteiger partial charge in [-0.15, -0.1) is 0 Å². The summed E-state index contributed by atoms with van der Waals surface area (Å²) in [5, 5.41) is 0. The van der Waals surface area contributed by atoms with Crippen molar-refractivity contribution in [3.63, 3.8) is 0 Å². The molecule has 1 unspecified atom stereocenters. The number of hydrogen-bond acceptors (Lipinski definition) is 6. The number of rotatable bonds is 5.